The summed E-state index contributed by atoms with van der Waals surface area (Å²) in [5.41, 5.74) is 2.09. The molecule has 0 saturated heterocycles. The lowest BCUT2D eigenvalue weighted by Gasteiger charge is -2.11. The summed E-state index contributed by atoms with van der Waals surface area (Å²) in [6.07, 6.45) is 0. The van der Waals surface area contributed by atoms with Crippen LogP contribution in [0.2, 0.25) is 0 Å². The van der Waals surface area contributed by atoms with E-state index >= 15 is 0 Å². The molecule has 5 nitrogen and oxygen atoms in total. The molecule has 0 unspecified atom stereocenters. The molecule has 23 heavy (non-hydrogen) atoms. The molecule has 0 fully saturated rings. The summed E-state index contributed by atoms with van der Waals surface area (Å²) < 4.78 is 5.13. The van der Waals surface area contributed by atoms with Crippen LogP contribution in [0.3, 0.4) is 0 Å². The Bertz CT molecular complexity index is 605. The van der Waals surface area contributed by atoms with E-state index in [1.165, 1.54) is 5.56 Å². The lowest BCUT2D eigenvalue weighted by molar-refractivity contribution is 0.396. The van der Waals surface area contributed by atoms with Crippen LogP contribution in [0.15, 0.2) is 53.5 Å². The Hall–Kier alpha value is -1.83. The number of aliphatic imine (C=N–C) groups is 1. The highest BCUT2D eigenvalue weighted by Crippen LogP contribution is 2.06. The third-order valence-corrected chi connectivity index (χ3v) is 3.03. The summed E-state index contributed by atoms with van der Waals surface area (Å²) in [6, 6.07) is 15.9. The summed E-state index contributed by atoms with van der Waals surface area (Å²) >= 11 is 0. The van der Waals surface area contributed by atoms with Crippen LogP contribution in [0.4, 0.5) is 0 Å². The lowest BCUT2D eigenvalue weighted by Crippen LogP contribution is -2.37. The molecule has 124 valence electrons. The van der Waals surface area contributed by atoms with Crippen LogP contribution in [0.25, 0.3) is 0 Å². The average molecular weight is 426 g/mol. The van der Waals surface area contributed by atoms with Gasteiger partial charge in [0, 0.05) is 12.6 Å². The summed E-state index contributed by atoms with van der Waals surface area (Å²) in [5, 5.41) is 6.51. The maximum Gasteiger partial charge on any atom is 0.213 e. The SMILES string of the molecule is CCNC(=NCc1ccccc1)NCc1cccc(OC)n1.I. The first-order valence-corrected chi connectivity index (χ1v) is 7.38. The Morgan fingerprint density at radius 3 is 2.57 bits per heavy atom. The van der Waals surface area contributed by atoms with E-state index in [1.807, 2.05) is 43.3 Å². The first-order chi connectivity index (χ1) is 10.8. The molecule has 0 bridgehead atoms. The van der Waals surface area contributed by atoms with Gasteiger partial charge in [0.2, 0.25) is 5.88 Å². The number of hydrogen-bond donors (Lipinski definition) is 2. The van der Waals surface area contributed by atoms with Gasteiger partial charge in [-0.2, -0.15) is 0 Å². The Balaban J connectivity index is 0.00000264. The maximum atomic E-state index is 5.13. The molecule has 0 spiro atoms. The van der Waals surface area contributed by atoms with Gasteiger partial charge < -0.3 is 15.4 Å². The van der Waals surface area contributed by atoms with Crippen LogP contribution >= 0.6 is 24.0 Å². The van der Waals surface area contributed by atoms with Crippen molar-refractivity contribution in [3.05, 3.63) is 59.8 Å². The van der Waals surface area contributed by atoms with Crippen molar-refractivity contribution in [2.24, 2.45) is 4.99 Å². The fourth-order valence-corrected chi connectivity index (χ4v) is 1.94. The number of methoxy groups -OCH3 is 1. The van der Waals surface area contributed by atoms with Crippen LogP contribution in [0, 0.1) is 0 Å². The number of ether oxygens (including phenoxy) is 1. The van der Waals surface area contributed by atoms with E-state index in [4.69, 9.17) is 4.74 Å². The molecule has 0 aliphatic carbocycles. The molecule has 2 N–H and O–H groups in total. The topological polar surface area (TPSA) is 58.5 Å². The highest BCUT2D eigenvalue weighted by molar-refractivity contribution is 14.0. The fraction of sp³-hybridized carbons (Fsp3) is 0.294. The van der Waals surface area contributed by atoms with Crippen LogP contribution in [0.5, 0.6) is 5.88 Å². The zero-order chi connectivity index (χ0) is 15.6. The van der Waals surface area contributed by atoms with Gasteiger partial charge >= 0.3 is 0 Å². The number of pyridine rings is 1. The highest BCUT2D eigenvalue weighted by Gasteiger charge is 2.01. The molecular weight excluding hydrogens is 403 g/mol. The van der Waals surface area contributed by atoms with E-state index in [-0.39, 0.29) is 24.0 Å². The lowest BCUT2D eigenvalue weighted by atomic mass is 10.2. The van der Waals surface area contributed by atoms with Crippen molar-refractivity contribution < 1.29 is 4.74 Å². The molecule has 0 amide bonds. The van der Waals surface area contributed by atoms with Gasteiger partial charge in [0.05, 0.1) is 25.9 Å². The van der Waals surface area contributed by atoms with Gasteiger partial charge in [-0.25, -0.2) is 9.98 Å². The Morgan fingerprint density at radius 2 is 1.87 bits per heavy atom. The monoisotopic (exact) mass is 426 g/mol. The minimum absolute atomic E-state index is 0. The highest BCUT2D eigenvalue weighted by atomic mass is 127. The van der Waals surface area contributed by atoms with Crippen molar-refractivity contribution in [3.63, 3.8) is 0 Å². The van der Waals surface area contributed by atoms with Gasteiger partial charge in [0.15, 0.2) is 5.96 Å². The molecule has 1 aromatic heterocycles. The Labute approximate surface area is 154 Å². The summed E-state index contributed by atoms with van der Waals surface area (Å²) in [4.78, 5) is 8.95. The third-order valence-electron chi connectivity index (χ3n) is 3.03. The summed E-state index contributed by atoms with van der Waals surface area (Å²) in [6.45, 7) is 4.09. The molecule has 1 aromatic carbocycles. The molecule has 2 aromatic rings. The second kappa shape index (κ2) is 10.8. The molecule has 2 rings (SSSR count). The van der Waals surface area contributed by atoms with Gasteiger partial charge in [0.1, 0.15) is 0 Å². The van der Waals surface area contributed by atoms with Crippen molar-refractivity contribution >= 4 is 29.9 Å². The van der Waals surface area contributed by atoms with Gasteiger partial charge in [0.25, 0.3) is 0 Å². The fourth-order valence-electron chi connectivity index (χ4n) is 1.94. The molecule has 0 saturated carbocycles. The zero-order valence-corrected chi connectivity index (χ0v) is 15.8. The smallest absolute Gasteiger partial charge is 0.213 e. The van der Waals surface area contributed by atoms with Crippen LogP contribution in [-0.2, 0) is 13.1 Å². The molecule has 6 heteroatoms. The van der Waals surface area contributed by atoms with Crippen molar-refractivity contribution in [1.82, 2.24) is 15.6 Å². The predicted molar refractivity (Wildman–Crippen MR) is 104 cm³/mol. The van der Waals surface area contributed by atoms with E-state index in [1.54, 1.807) is 7.11 Å². The average Bonchev–Trinajstić information content (AvgIpc) is 2.58. The Kier molecular flexibility index (Phi) is 9.04. The number of aromatic nitrogens is 1. The second-order valence-corrected chi connectivity index (χ2v) is 4.71. The van der Waals surface area contributed by atoms with E-state index in [0.717, 1.165) is 18.2 Å². The van der Waals surface area contributed by atoms with Gasteiger partial charge in [-0.1, -0.05) is 36.4 Å². The molecule has 0 atom stereocenters. The number of nitrogens with zero attached hydrogens (tertiary/aromatic N) is 2. The van der Waals surface area contributed by atoms with E-state index in [9.17, 15) is 0 Å². The first kappa shape index (κ1) is 19.2. The Morgan fingerprint density at radius 1 is 1.09 bits per heavy atom. The van der Waals surface area contributed by atoms with Crippen molar-refractivity contribution in [3.8, 4) is 5.88 Å². The quantitative estimate of drug-likeness (QED) is 0.424. The van der Waals surface area contributed by atoms with Crippen molar-refractivity contribution in [1.29, 1.82) is 0 Å². The molecular formula is C17H23IN4O. The van der Waals surface area contributed by atoms with E-state index in [2.05, 4.69) is 32.7 Å². The number of hydrogen-bond acceptors (Lipinski definition) is 3. The number of halogens is 1. The minimum atomic E-state index is 0. The first-order valence-electron chi connectivity index (χ1n) is 7.38. The number of nitrogens with one attached hydrogen (secondary N) is 2. The van der Waals surface area contributed by atoms with E-state index < -0.39 is 0 Å². The minimum Gasteiger partial charge on any atom is -0.481 e. The molecule has 0 radical (unpaired) electrons. The van der Waals surface area contributed by atoms with Gasteiger partial charge in [-0.3, -0.25) is 0 Å². The van der Waals surface area contributed by atoms with Crippen molar-refractivity contribution in [2.75, 3.05) is 13.7 Å². The van der Waals surface area contributed by atoms with Gasteiger partial charge in [-0.05, 0) is 18.6 Å². The molecule has 1 heterocycles. The standard InChI is InChI=1S/C17H22N4O.HI/c1-3-18-17(19-12-14-8-5-4-6-9-14)20-13-15-10-7-11-16(21-15)22-2;/h4-11H,3,12-13H2,1-2H3,(H2,18,19,20);1H. The number of rotatable bonds is 6. The second-order valence-electron chi connectivity index (χ2n) is 4.71. The number of guanidine groups is 1. The number of benzene rings is 1. The largest absolute Gasteiger partial charge is 0.481 e. The summed E-state index contributed by atoms with van der Waals surface area (Å²) in [5.74, 6) is 1.39. The van der Waals surface area contributed by atoms with Crippen molar-refractivity contribution in [2.45, 2.75) is 20.0 Å². The maximum absolute atomic E-state index is 5.13. The summed E-state index contributed by atoms with van der Waals surface area (Å²) in [7, 11) is 1.62. The van der Waals surface area contributed by atoms with Crippen LogP contribution in [-0.4, -0.2) is 24.6 Å². The predicted octanol–water partition coefficient (Wildman–Crippen LogP) is 2.96. The van der Waals surface area contributed by atoms with E-state index in [0.29, 0.717) is 19.0 Å². The zero-order valence-electron chi connectivity index (χ0n) is 13.5. The van der Waals surface area contributed by atoms with Crippen LogP contribution < -0.4 is 15.4 Å². The van der Waals surface area contributed by atoms with Gasteiger partial charge in [-0.15, -0.1) is 24.0 Å². The molecule has 0 aliphatic heterocycles. The normalized spacial score (nSPS) is 10.6. The molecule has 0 aliphatic rings. The van der Waals surface area contributed by atoms with Crippen LogP contribution in [0.1, 0.15) is 18.2 Å². The third kappa shape index (κ3) is 6.85.